The minimum Gasteiger partial charge on any atom is -0.465 e. The molecule has 0 aliphatic carbocycles. The van der Waals surface area contributed by atoms with Gasteiger partial charge in [0.25, 0.3) is 5.69 Å². The van der Waals surface area contributed by atoms with Crippen LogP contribution in [0, 0.1) is 10.1 Å². The van der Waals surface area contributed by atoms with Crippen LogP contribution >= 0.6 is 0 Å². The van der Waals surface area contributed by atoms with E-state index in [1.165, 1.54) is 18.7 Å². The van der Waals surface area contributed by atoms with Gasteiger partial charge in [0.1, 0.15) is 5.56 Å². The summed E-state index contributed by atoms with van der Waals surface area (Å²) in [6, 6.07) is 15.0. The van der Waals surface area contributed by atoms with Gasteiger partial charge in [0.2, 0.25) is 0 Å². The number of methoxy groups -OCH3 is 1. The van der Waals surface area contributed by atoms with Crippen LogP contribution in [-0.2, 0) is 11.3 Å². The third kappa shape index (κ3) is 4.62. The number of nitro benzene ring substituents is 1. The summed E-state index contributed by atoms with van der Waals surface area (Å²) in [6.07, 6.45) is 0.984. The Hall–Kier alpha value is -2.93. The van der Waals surface area contributed by atoms with Crippen molar-refractivity contribution in [2.45, 2.75) is 13.0 Å². The van der Waals surface area contributed by atoms with Crippen molar-refractivity contribution in [1.82, 2.24) is 4.90 Å². The number of nitro groups is 1. The minimum atomic E-state index is -0.691. The van der Waals surface area contributed by atoms with E-state index in [0.29, 0.717) is 0 Å². The van der Waals surface area contributed by atoms with E-state index >= 15 is 0 Å². The number of esters is 1. The molecule has 0 saturated carbocycles. The van der Waals surface area contributed by atoms with Crippen LogP contribution in [0.25, 0.3) is 0 Å². The number of ether oxygens (including phenoxy) is 1. The van der Waals surface area contributed by atoms with Crippen LogP contribution in [-0.4, -0.2) is 49.1 Å². The molecule has 7 heteroatoms. The molecule has 0 unspecified atom stereocenters. The quantitative estimate of drug-likeness (QED) is 0.458. The lowest BCUT2D eigenvalue weighted by molar-refractivity contribution is -0.385. The van der Waals surface area contributed by atoms with Gasteiger partial charge in [0.15, 0.2) is 0 Å². The molecule has 1 heterocycles. The summed E-state index contributed by atoms with van der Waals surface area (Å²) in [5, 5.41) is 11.2. The molecular formula is C20H23N3O4. The fourth-order valence-corrected chi connectivity index (χ4v) is 3.38. The molecule has 0 amide bonds. The van der Waals surface area contributed by atoms with Gasteiger partial charge in [0, 0.05) is 44.5 Å². The first-order valence-electron chi connectivity index (χ1n) is 8.96. The van der Waals surface area contributed by atoms with Crippen LogP contribution < -0.4 is 4.90 Å². The Morgan fingerprint density at radius 1 is 1.11 bits per heavy atom. The summed E-state index contributed by atoms with van der Waals surface area (Å²) >= 11 is 0. The van der Waals surface area contributed by atoms with E-state index in [4.69, 9.17) is 4.74 Å². The Labute approximate surface area is 158 Å². The van der Waals surface area contributed by atoms with Gasteiger partial charge in [-0.15, -0.1) is 0 Å². The van der Waals surface area contributed by atoms with E-state index in [1.807, 2.05) is 18.2 Å². The molecular weight excluding hydrogens is 346 g/mol. The average Bonchev–Trinajstić information content (AvgIpc) is 2.93. The number of nitrogens with zero attached hydrogens (tertiary/aromatic N) is 3. The number of anilines is 1. The highest BCUT2D eigenvalue weighted by Gasteiger charge is 2.23. The second-order valence-corrected chi connectivity index (χ2v) is 6.55. The summed E-state index contributed by atoms with van der Waals surface area (Å²) in [6.45, 7) is 4.42. The lowest BCUT2D eigenvalue weighted by Crippen LogP contribution is -2.30. The maximum atomic E-state index is 11.9. The van der Waals surface area contributed by atoms with E-state index in [0.717, 1.165) is 44.8 Å². The summed E-state index contributed by atoms with van der Waals surface area (Å²) in [5.41, 5.74) is 1.85. The first-order chi connectivity index (χ1) is 13.1. The van der Waals surface area contributed by atoms with Gasteiger partial charge in [-0.3, -0.25) is 15.0 Å². The molecule has 0 aromatic heterocycles. The van der Waals surface area contributed by atoms with Gasteiger partial charge in [-0.2, -0.15) is 0 Å². The molecule has 3 rings (SSSR count). The van der Waals surface area contributed by atoms with Crippen molar-refractivity contribution in [1.29, 1.82) is 0 Å². The molecule has 0 N–H and O–H groups in total. The second kappa shape index (κ2) is 8.64. The zero-order chi connectivity index (χ0) is 19.2. The van der Waals surface area contributed by atoms with E-state index in [-0.39, 0.29) is 11.3 Å². The van der Waals surface area contributed by atoms with Crippen molar-refractivity contribution in [2.24, 2.45) is 0 Å². The maximum Gasteiger partial charge on any atom is 0.344 e. The number of rotatable bonds is 5. The monoisotopic (exact) mass is 369 g/mol. The first kappa shape index (κ1) is 18.8. The Balaban J connectivity index is 1.73. The third-order valence-corrected chi connectivity index (χ3v) is 4.78. The van der Waals surface area contributed by atoms with Crippen molar-refractivity contribution in [3.63, 3.8) is 0 Å². The predicted octanol–water partition coefficient (Wildman–Crippen LogP) is 3.09. The molecule has 1 aliphatic rings. The zero-order valence-corrected chi connectivity index (χ0v) is 15.3. The Bertz CT molecular complexity index is 810. The van der Waals surface area contributed by atoms with Crippen molar-refractivity contribution < 1.29 is 14.5 Å². The Kier molecular flexibility index (Phi) is 6.03. The number of hydrogen-bond donors (Lipinski definition) is 0. The Morgan fingerprint density at radius 2 is 1.89 bits per heavy atom. The number of benzene rings is 2. The second-order valence-electron chi connectivity index (χ2n) is 6.55. The molecule has 1 fully saturated rings. The number of carbonyl (C=O) groups excluding carboxylic acids is 1. The molecule has 7 nitrogen and oxygen atoms in total. The van der Waals surface area contributed by atoms with Crippen LogP contribution in [0.3, 0.4) is 0 Å². The van der Waals surface area contributed by atoms with Gasteiger partial charge in [-0.1, -0.05) is 30.3 Å². The summed E-state index contributed by atoms with van der Waals surface area (Å²) < 4.78 is 4.71. The summed E-state index contributed by atoms with van der Waals surface area (Å²) in [4.78, 5) is 27.1. The smallest absolute Gasteiger partial charge is 0.344 e. The largest absolute Gasteiger partial charge is 0.465 e. The molecule has 0 spiro atoms. The van der Waals surface area contributed by atoms with Crippen molar-refractivity contribution in [2.75, 3.05) is 38.2 Å². The molecule has 27 heavy (non-hydrogen) atoms. The first-order valence-corrected chi connectivity index (χ1v) is 8.96. The molecule has 0 bridgehead atoms. The van der Waals surface area contributed by atoms with Gasteiger partial charge >= 0.3 is 5.97 Å². The normalized spacial score (nSPS) is 15.2. The zero-order valence-electron chi connectivity index (χ0n) is 15.3. The van der Waals surface area contributed by atoms with Gasteiger partial charge in [0.05, 0.1) is 12.0 Å². The summed E-state index contributed by atoms with van der Waals surface area (Å²) in [5.74, 6) is -0.691. The van der Waals surface area contributed by atoms with E-state index in [1.54, 1.807) is 12.1 Å². The lowest BCUT2D eigenvalue weighted by Gasteiger charge is -2.24. The standard InChI is InChI=1S/C20H23N3O4/c1-27-20(24)18-14-17(8-9-19(18)23(25)26)22-11-5-10-21(12-13-22)15-16-6-3-2-4-7-16/h2-4,6-9,14H,5,10-13,15H2,1H3. The number of carbonyl (C=O) groups is 1. The molecule has 1 saturated heterocycles. The highest BCUT2D eigenvalue weighted by molar-refractivity contribution is 5.95. The van der Waals surface area contributed by atoms with Crippen LogP contribution in [0.15, 0.2) is 48.5 Å². The van der Waals surface area contributed by atoms with Gasteiger partial charge in [-0.25, -0.2) is 4.79 Å². The van der Waals surface area contributed by atoms with Gasteiger partial charge in [-0.05, 0) is 24.1 Å². The van der Waals surface area contributed by atoms with E-state index < -0.39 is 10.9 Å². The molecule has 2 aromatic rings. The highest BCUT2D eigenvalue weighted by atomic mass is 16.6. The van der Waals surface area contributed by atoms with Gasteiger partial charge < -0.3 is 9.64 Å². The SMILES string of the molecule is COC(=O)c1cc(N2CCCN(Cc3ccccc3)CC2)ccc1[N+](=O)[O-]. The number of hydrogen-bond acceptors (Lipinski definition) is 6. The predicted molar refractivity (Wildman–Crippen MR) is 103 cm³/mol. The van der Waals surface area contributed by atoms with Crippen LogP contribution in [0.4, 0.5) is 11.4 Å². The lowest BCUT2D eigenvalue weighted by atomic mass is 10.1. The van der Waals surface area contributed by atoms with Crippen LogP contribution in [0.5, 0.6) is 0 Å². The van der Waals surface area contributed by atoms with Crippen molar-refractivity contribution in [3.8, 4) is 0 Å². The van der Waals surface area contributed by atoms with Crippen molar-refractivity contribution >= 4 is 17.3 Å². The van der Waals surface area contributed by atoms with Crippen LogP contribution in [0.1, 0.15) is 22.3 Å². The summed E-state index contributed by atoms with van der Waals surface area (Å²) in [7, 11) is 1.23. The fraction of sp³-hybridized carbons (Fsp3) is 0.350. The molecule has 2 aromatic carbocycles. The van der Waals surface area contributed by atoms with E-state index in [2.05, 4.69) is 21.9 Å². The molecule has 142 valence electrons. The van der Waals surface area contributed by atoms with Crippen molar-refractivity contribution in [3.05, 3.63) is 69.8 Å². The van der Waals surface area contributed by atoms with Crippen LogP contribution in [0.2, 0.25) is 0 Å². The average molecular weight is 369 g/mol. The minimum absolute atomic E-state index is 0.00890. The maximum absolute atomic E-state index is 11.9. The topological polar surface area (TPSA) is 75.9 Å². The fourth-order valence-electron chi connectivity index (χ4n) is 3.38. The molecule has 0 radical (unpaired) electrons. The van der Waals surface area contributed by atoms with E-state index in [9.17, 15) is 14.9 Å². The Morgan fingerprint density at radius 3 is 2.59 bits per heavy atom. The highest BCUT2D eigenvalue weighted by Crippen LogP contribution is 2.26. The molecule has 1 aliphatic heterocycles. The third-order valence-electron chi connectivity index (χ3n) is 4.78. The molecule has 0 atom stereocenters.